The number of unbranched alkanes of at least 4 members (excludes halogenated alkanes) is 18. The number of aryl methyl sites for hydroxylation is 2. The molecule has 7 N–H and O–H groups in total. The van der Waals surface area contributed by atoms with Crippen LogP contribution in [-0.4, -0.2) is 97.0 Å². The molecule has 0 saturated carbocycles. The second-order valence-corrected chi connectivity index (χ2v) is 15.8. The summed E-state index contributed by atoms with van der Waals surface area (Å²) >= 11 is 0. The predicted molar refractivity (Wildman–Crippen MR) is 209 cm³/mol. The van der Waals surface area contributed by atoms with Crippen LogP contribution >= 0.6 is 0 Å². The minimum atomic E-state index is -1.59. The molecule has 316 valence electrons. The maximum Gasteiger partial charge on any atom is 0.186 e. The molecule has 2 heterocycles. The summed E-state index contributed by atoms with van der Waals surface area (Å²) in [7, 11) is 0. The number of hydrogen-bond acceptors (Lipinski definition) is 9. The van der Waals surface area contributed by atoms with Gasteiger partial charge in [0.15, 0.2) is 17.9 Å². The Balaban J connectivity index is 1.41. The van der Waals surface area contributed by atoms with Crippen molar-refractivity contribution in [2.45, 2.75) is 203 Å². The van der Waals surface area contributed by atoms with Crippen molar-refractivity contribution in [2.75, 3.05) is 13.2 Å². The van der Waals surface area contributed by atoms with Gasteiger partial charge in [0.25, 0.3) is 0 Å². The van der Waals surface area contributed by atoms with Crippen molar-refractivity contribution in [2.24, 2.45) is 0 Å². The number of aliphatic hydroxyl groups is 6. The van der Waals surface area contributed by atoms with E-state index >= 15 is 0 Å². The van der Waals surface area contributed by atoms with Gasteiger partial charge in [0.2, 0.25) is 0 Å². The minimum absolute atomic E-state index is 0.190. The number of hydrogen-bond donors (Lipinski definition) is 7. The average Bonchev–Trinajstić information content (AvgIpc) is 3.65. The molecular weight excluding hydrogens is 710 g/mol. The van der Waals surface area contributed by atoms with E-state index < -0.39 is 67.1 Å². The van der Waals surface area contributed by atoms with E-state index in [9.17, 15) is 39.4 Å². The van der Waals surface area contributed by atoms with Gasteiger partial charge in [-0.25, -0.2) is 8.78 Å². The Bertz CT molecular complexity index is 1270. The number of aliphatic hydroxyl groups excluding tert-OH is 6. The molecule has 0 bridgehead atoms. The lowest BCUT2D eigenvalue weighted by atomic mass is 9.91. The number of nitrogens with one attached hydrogen (secondary N) is 1. The number of nitrogens with zero attached hydrogens (tertiary/aromatic N) is 1. The van der Waals surface area contributed by atoms with Crippen LogP contribution < -0.4 is 0 Å². The molecular formula is C43H72F2N2O8. The SMILES string of the molecule is CCCCCCCCCCCCCC[C@@H](O)[C@@H](O)[C@H](COC1OC(CO)C(O)C(O)C1O)c1cc(CCCCCCCCCCc2ccc(F)c(F)c2)[nH]n1. The minimum Gasteiger partial charge on any atom is -0.394 e. The van der Waals surface area contributed by atoms with Gasteiger partial charge >= 0.3 is 0 Å². The first-order chi connectivity index (χ1) is 26.7. The Kier molecular flexibility index (Phi) is 23.7. The van der Waals surface area contributed by atoms with Crippen LogP contribution in [0.4, 0.5) is 8.78 Å². The van der Waals surface area contributed by atoms with Crippen molar-refractivity contribution in [1.29, 1.82) is 0 Å². The third-order valence-electron chi connectivity index (χ3n) is 11.1. The molecule has 1 aliphatic rings. The predicted octanol–water partition coefficient (Wildman–Crippen LogP) is 7.31. The highest BCUT2D eigenvalue weighted by Gasteiger charge is 2.44. The number of benzene rings is 1. The summed E-state index contributed by atoms with van der Waals surface area (Å²) in [6, 6.07) is 5.98. The van der Waals surface area contributed by atoms with E-state index in [-0.39, 0.29) is 6.61 Å². The lowest BCUT2D eigenvalue weighted by Crippen LogP contribution is -2.59. The van der Waals surface area contributed by atoms with Crippen molar-refractivity contribution < 1.29 is 48.9 Å². The normalized spacial score (nSPS) is 21.9. The standard InChI is InChI=1S/C43H72F2N2O8/c1-2-3-4-5-6-7-8-9-10-15-18-21-24-37(49)39(50)33(30-54-43-42(53)41(52)40(51)38(29-48)55-43)36-28-32(46-47-36)23-20-17-14-12-11-13-16-19-22-31-25-26-34(44)35(45)27-31/h25-28,33,37-43,48-53H,2-24,29-30H2,1H3,(H,46,47)/t33-,37-,38?,39+,40?,41?,42?,43?/m1/s1. The summed E-state index contributed by atoms with van der Waals surface area (Å²) in [5.41, 5.74) is 2.23. The van der Waals surface area contributed by atoms with Gasteiger partial charge in [0, 0.05) is 5.69 Å². The smallest absolute Gasteiger partial charge is 0.186 e. The molecule has 2 aromatic rings. The third kappa shape index (κ3) is 17.6. The van der Waals surface area contributed by atoms with Gasteiger partial charge in [-0.15, -0.1) is 0 Å². The van der Waals surface area contributed by atoms with Crippen molar-refractivity contribution in [3.63, 3.8) is 0 Å². The van der Waals surface area contributed by atoms with E-state index in [1.807, 2.05) is 6.07 Å². The zero-order chi connectivity index (χ0) is 39.8. The number of H-pyrrole nitrogens is 1. The molecule has 10 nitrogen and oxygen atoms in total. The molecule has 8 atom stereocenters. The molecule has 1 fully saturated rings. The molecule has 1 saturated heterocycles. The molecule has 0 spiro atoms. The van der Waals surface area contributed by atoms with Crippen LogP contribution in [0.15, 0.2) is 24.3 Å². The summed E-state index contributed by atoms with van der Waals surface area (Å²) in [6.07, 6.45) is 15.4. The molecule has 5 unspecified atom stereocenters. The van der Waals surface area contributed by atoms with Crippen LogP contribution in [0.1, 0.15) is 165 Å². The molecule has 3 rings (SSSR count). The summed E-state index contributed by atoms with van der Waals surface area (Å²) in [5.74, 6) is -2.37. The Hall–Kier alpha value is -2.03. The van der Waals surface area contributed by atoms with E-state index in [0.717, 1.165) is 94.7 Å². The van der Waals surface area contributed by atoms with Gasteiger partial charge in [0.1, 0.15) is 24.4 Å². The third-order valence-corrected chi connectivity index (χ3v) is 11.1. The number of ether oxygens (including phenoxy) is 2. The zero-order valence-electron chi connectivity index (χ0n) is 33.3. The topological polar surface area (TPSA) is 169 Å². The molecule has 1 aliphatic heterocycles. The van der Waals surface area contributed by atoms with Crippen LogP contribution in [0.3, 0.4) is 0 Å². The second kappa shape index (κ2) is 27.6. The fourth-order valence-corrected chi connectivity index (χ4v) is 7.49. The molecule has 55 heavy (non-hydrogen) atoms. The average molecular weight is 783 g/mol. The molecule has 1 aromatic heterocycles. The summed E-state index contributed by atoms with van der Waals surface area (Å²) < 4.78 is 37.9. The highest BCUT2D eigenvalue weighted by molar-refractivity contribution is 5.18. The Morgan fingerprint density at radius 3 is 1.85 bits per heavy atom. The van der Waals surface area contributed by atoms with E-state index in [0.29, 0.717) is 12.1 Å². The summed E-state index contributed by atoms with van der Waals surface area (Å²) in [6.45, 7) is 1.46. The van der Waals surface area contributed by atoms with Crippen LogP contribution in [-0.2, 0) is 22.3 Å². The summed E-state index contributed by atoms with van der Waals surface area (Å²) in [4.78, 5) is 0. The highest BCUT2D eigenvalue weighted by Crippen LogP contribution is 2.28. The van der Waals surface area contributed by atoms with Gasteiger partial charge in [-0.1, -0.05) is 129 Å². The first kappa shape index (κ1) is 47.3. The maximum absolute atomic E-state index is 13.4. The molecule has 0 amide bonds. The van der Waals surface area contributed by atoms with Crippen molar-refractivity contribution in [3.05, 3.63) is 52.9 Å². The van der Waals surface area contributed by atoms with Crippen LogP contribution in [0.5, 0.6) is 0 Å². The lowest BCUT2D eigenvalue weighted by Gasteiger charge is -2.40. The lowest BCUT2D eigenvalue weighted by molar-refractivity contribution is -0.303. The quantitative estimate of drug-likeness (QED) is 0.0388. The summed E-state index contributed by atoms with van der Waals surface area (Å²) in [5, 5.41) is 70.5. The number of aromatic nitrogens is 2. The van der Waals surface area contributed by atoms with E-state index in [2.05, 4.69) is 17.1 Å². The fraction of sp³-hybridized carbons (Fsp3) is 0.791. The molecule has 1 aromatic carbocycles. The highest BCUT2D eigenvalue weighted by atomic mass is 19.2. The van der Waals surface area contributed by atoms with Gasteiger partial charge in [0.05, 0.1) is 37.0 Å². The number of aromatic amines is 1. The van der Waals surface area contributed by atoms with E-state index in [4.69, 9.17) is 9.47 Å². The number of halogens is 2. The van der Waals surface area contributed by atoms with Crippen LogP contribution in [0.25, 0.3) is 0 Å². The Labute approximate surface area is 328 Å². The molecule has 0 aliphatic carbocycles. The van der Waals surface area contributed by atoms with Crippen molar-refractivity contribution in [1.82, 2.24) is 10.2 Å². The Morgan fingerprint density at radius 1 is 0.709 bits per heavy atom. The van der Waals surface area contributed by atoms with Gasteiger partial charge in [-0.3, -0.25) is 5.10 Å². The first-order valence-corrected chi connectivity index (χ1v) is 21.4. The zero-order valence-corrected chi connectivity index (χ0v) is 33.3. The molecule has 12 heteroatoms. The fourth-order valence-electron chi connectivity index (χ4n) is 7.49. The van der Waals surface area contributed by atoms with Crippen molar-refractivity contribution in [3.8, 4) is 0 Å². The van der Waals surface area contributed by atoms with Crippen LogP contribution in [0.2, 0.25) is 0 Å². The molecule has 0 radical (unpaired) electrons. The van der Waals surface area contributed by atoms with E-state index in [1.165, 1.54) is 69.9 Å². The van der Waals surface area contributed by atoms with Gasteiger partial charge in [-0.2, -0.15) is 5.10 Å². The number of rotatable bonds is 31. The maximum atomic E-state index is 13.4. The first-order valence-electron chi connectivity index (χ1n) is 21.4. The van der Waals surface area contributed by atoms with E-state index in [1.54, 1.807) is 6.07 Å². The van der Waals surface area contributed by atoms with Gasteiger partial charge < -0.3 is 40.1 Å². The second-order valence-electron chi connectivity index (χ2n) is 15.8. The van der Waals surface area contributed by atoms with Gasteiger partial charge in [-0.05, 0) is 55.9 Å². The van der Waals surface area contributed by atoms with Crippen LogP contribution in [0, 0.1) is 11.6 Å². The Morgan fingerprint density at radius 2 is 1.27 bits per heavy atom. The monoisotopic (exact) mass is 783 g/mol. The van der Waals surface area contributed by atoms with Crippen molar-refractivity contribution >= 4 is 0 Å². The largest absolute Gasteiger partial charge is 0.394 e.